The normalized spacial score (nSPS) is 26.6. The largest absolute Gasteiger partial charge is 0.469 e. The molecule has 1 N–H and O–H groups in total. The molecular formula is C31H31F2N5O4. The maximum Gasteiger partial charge on any atom is 0.387 e. The van der Waals surface area contributed by atoms with Crippen LogP contribution in [0.15, 0.2) is 55.0 Å². The first-order chi connectivity index (χ1) is 20.2. The van der Waals surface area contributed by atoms with Crippen molar-refractivity contribution in [3.63, 3.8) is 0 Å². The van der Waals surface area contributed by atoms with Crippen molar-refractivity contribution in [1.29, 1.82) is 0 Å². The first-order valence-electron chi connectivity index (χ1n) is 14.2. The van der Waals surface area contributed by atoms with Crippen molar-refractivity contribution < 1.29 is 28.2 Å². The number of methoxy groups -OCH3 is 1. The molecule has 2 bridgehead atoms. The van der Waals surface area contributed by atoms with E-state index in [1.54, 1.807) is 37.5 Å². The fourth-order valence-corrected chi connectivity index (χ4v) is 7.32. The van der Waals surface area contributed by atoms with E-state index in [0.29, 0.717) is 22.9 Å². The Morgan fingerprint density at radius 1 is 1.07 bits per heavy atom. The van der Waals surface area contributed by atoms with Crippen molar-refractivity contribution in [3.8, 4) is 16.9 Å². The Balaban J connectivity index is 1.20. The van der Waals surface area contributed by atoms with Crippen molar-refractivity contribution in [2.24, 2.45) is 17.8 Å². The number of piperidine rings is 1. The fraction of sp³-hybridized carbons (Fsp3) is 0.419. The maximum absolute atomic E-state index is 13.2. The lowest BCUT2D eigenvalue weighted by atomic mass is 9.85. The van der Waals surface area contributed by atoms with Gasteiger partial charge in [-0.3, -0.25) is 4.79 Å². The molecule has 1 aromatic carbocycles. The molecule has 1 aliphatic heterocycles. The Labute approximate surface area is 241 Å². The van der Waals surface area contributed by atoms with Gasteiger partial charge in [-0.2, -0.15) is 8.78 Å². The number of pyridine rings is 1. The molecule has 0 spiro atoms. The lowest BCUT2D eigenvalue weighted by molar-refractivity contribution is -0.148. The van der Waals surface area contributed by atoms with Crippen LogP contribution in [0.25, 0.3) is 16.8 Å². The van der Waals surface area contributed by atoms with Gasteiger partial charge in [-0.1, -0.05) is 18.2 Å². The van der Waals surface area contributed by atoms with E-state index in [4.69, 9.17) is 14.5 Å². The van der Waals surface area contributed by atoms with Crippen molar-refractivity contribution in [2.75, 3.05) is 25.1 Å². The van der Waals surface area contributed by atoms with Crippen LogP contribution in [0.3, 0.4) is 0 Å². The molecule has 2 aliphatic carbocycles. The maximum atomic E-state index is 13.2. The number of nitrogens with zero attached hydrogens (tertiary/aromatic N) is 5. The van der Waals surface area contributed by atoms with Gasteiger partial charge in [0.05, 0.1) is 24.4 Å². The summed E-state index contributed by atoms with van der Waals surface area (Å²) in [7, 11) is 1.45. The summed E-state index contributed by atoms with van der Waals surface area (Å²) in [6.07, 6.45) is 7.78. The van der Waals surface area contributed by atoms with Crippen molar-refractivity contribution in [2.45, 2.75) is 44.3 Å². The van der Waals surface area contributed by atoms with Gasteiger partial charge in [-0.25, -0.2) is 15.0 Å². The second kappa shape index (κ2) is 10.0. The molecule has 5 atom stereocenters. The molecule has 2 unspecified atom stereocenters. The Morgan fingerprint density at radius 2 is 1.79 bits per heavy atom. The molecule has 42 heavy (non-hydrogen) atoms. The van der Waals surface area contributed by atoms with Gasteiger partial charge in [-0.15, -0.1) is 0 Å². The Hall–Kier alpha value is -4.12. The van der Waals surface area contributed by atoms with E-state index in [-0.39, 0.29) is 35.9 Å². The monoisotopic (exact) mass is 575 g/mol. The van der Waals surface area contributed by atoms with Crippen LogP contribution in [0.4, 0.5) is 14.7 Å². The number of halogens is 2. The Kier molecular flexibility index (Phi) is 6.38. The van der Waals surface area contributed by atoms with E-state index in [1.807, 2.05) is 22.7 Å². The molecule has 0 amide bonds. The molecule has 7 rings (SSSR count). The predicted octanol–water partition coefficient (Wildman–Crippen LogP) is 4.77. The van der Waals surface area contributed by atoms with Crippen molar-refractivity contribution >= 4 is 17.6 Å². The van der Waals surface area contributed by atoms with Gasteiger partial charge in [0.1, 0.15) is 17.0 Å². The molecule has 1 saturated carbocycles. The molecule has 4 heterocycles. The van der Waals surface area contributed by atoms with Gasteiger partial charge in [0.2, 0.25) is 5.95 Å². The highest BCUT2D eigenvalue weighted by atomic mass is 19.3. The fourth-order valence-electron chi connectivity index (χ4n) is 7.32. The van der Waals surface area contributed by atoms with Gasteiger partial charge >= 0.3 is 12.6 Å². The smallest absolute Gasteiger partial charge is 0.387 e. The number of benzene rings is 1. The zero-order valence-corrected chi connectivity index (χ0v) is 23.3. The zero-order chi connectivity index (χ0) is 29.2. The van der Waals surface area contributed by atoms with Crippen molar-refractivity contribution in [1.82, 2.24) is 19.4 Å². The summed E-state index contributed by atoms with van der Waals surface area (Å²) in [5.74, 6) is 0.632. The number of hydrogen-bond donors (Lipinski definition) is 1. The number of imidazole rings is 1. The lowest BCUT2D eigenvalue weighted by Crippen LogP contribution is -2.45. The molecule has 218 valence electrons. The highest BCUT2D eigenvalue weighted by Crippen LogP contribution is 2.50. The number of alkyl halides is 2. The molecule has 11 heteroatoms. The first-order valence-corrected chi connectivity index (χ1v) is 14.2. The minimum Gasteiger partial charge on any atom is -0.469 e. The SMILES string of the molecule is COC(=O)[C@H]1[C@@H]2CC[C@H]1CN(c1ncc(-c3ccc4nc5c(n4c3)C(c3ccccc3OC(F)F)CC5(C)O)cn1)C2. The predicted molar refractivity (Wildman–Crippen MR) is 149 cm³/mol. The van der Waals surface area contributed by atoms with E-state index in [0.717, 1.165) is 42.8 Å². The minimum atomic E-state index is -2.96. The van der Waals surface area contributed by atoms with E-state index in [2.05, 4.69) is 14.9 Å². The van der Waals surface area contributed by atoms with Crippen LogP contribution in [0, 0.1) is 17.8 Å². The van der Waals surface area contributed by atoms with Gasteiger partial charge in [0.25, 0.3) is 0 Å². The van der Waals surface area contributed by atoms with Crippen LogP contribution in [-0.4, -0.2) is 57.2 Å². The van der Waals surface area contributed by atoms with E-state index < -0.39 is 18.1 Å². The molecule has 3 aromatic heterocycles. The van der Waals surface area contributed by atoms with E-state index >= 15 is 0 Å². The molecule has 3 aliphatic rings. The van der Waals surface area contributed by atoms with E-state index in [9.17, 15) is 18.7 Å². The lowest BCUT2D eigenvalue weighted by Gasteiger charge is -2.36. The highest BCUT2D eigenvalue weighted by Gasteiger charge is 2.47. The third kappa shape index (κ3) is 4.38. The number of para-hydroxylation sites is 1. The van der Waals surface area contributed by atoms with Crippen LogP contribution in [0.2, 0.25) is 0 Å². The summed E-state index contributed by atoms with van der Waals surface area (Å²) >= 11 is 0. The number of hydrogen-bond acceptors (Lipinski definition) is 8. The summed E-state index contributed by atoms with van der Waals surface area (Å²) in [4.78, 5) is 28.5. The standard InChI is InChI=1S/C31H31F2N5O4/c1-31(40)11-22(21-5-3-4-6-23(21)42-29(32)33)26-27(31)36-24-10-9-17(16-38(24)26)20-12-34-30(35-13-20)37-14-18-7-8-19(15-37)25(18)28(39)41-2/h3-6,9-10,12-13,16,18-19,22,25,29,40H,7-8,11,14-15H2,1-2H3/t18-,19+,22?,25+,31?. The topological polar surface area (TPSA) is 102 Å². The Morgan fingerprint density at radius 3 is 2.48 bits per heavy atom. The number of anilines is 1. The molecular weight excluding hydrogens is 544 g/mol. The number of esters is 1. The van der Waals surface area contributed by atoms with Gasteiger partial charge in [0.15, 0.2) is 0 Å². The second-order valence-corrected chi connectivity index (χ2v) is 11.8. The van der Waals surface area contributed by atoms with Crippen LogP contribution in [0.5, 0.6) is 5.75 Å². The summed E-state index contributed by atoms with van der Waals surface area (Å²) in [6, 6.07) is 10.5. The van der Waals surface area contributed by atoms with Gasteiger partial charge < -0.3 is 23.9 Å². The number of aliphatic hydroxyl groups is 1. The third-order valence-corrected chi connectivity index (χ3v) is 9.17. The number of carbonyl (C=O) groups is 1. The average Bonchev–Trinajstić information content (AvgIpc) is 3.59. The summed E-state index contributed by atoms with van der Waals surface area (Å²) in [6.45, 7) is 0.183. The third-order valence-electron chi connectivity index (χ3n) is 9.17. The summed E-state index contributed by atoms with van der Waals surface area (Å²) in [5.41, 5.74) is 2.88. The molecule has 4 aromatic rings. The van der Waals surface area contributed by atoms with Crippen LogP contribution in [-0.2, 0) is 15.1 Å². The number of fused-ring (bicyclic) bond motifs is 5. The molecule has 2 fully saturated rings. The molecule has 1 saturated heterocycles. The van der Waals surface area contributed by atoms with E-state index in [1.165, 1.54) is 13.2 Å². The second-order valence-electron chi connectivity index (χ2n) is 11.8. The zero-order valence-electron chi connectivity index (χ0n) is 23.3. The van der Waals surface area contributed by atoms with Gasteiger partial charge in [0, 0.05) is 54.3 Å². The quantitative estimate of drug-likeness (QED) is 0.328. The molecule has 0 radical (unpaired) electrons. The minimum absolute atomic E-state index is 0.0485. The van der Waals surface area contributed by atoms with Crippen molar-refractivity contribution in [3.05, 3.63) is 71.9 Å². The van der Waals surface area contributed by atoms with Crippen LogP contribution < -0.4 is 9.64 Å². The number of rotatable bonds is 6. The first kappa shape index (κ1) is 26.8. The molecule has 9 nitrogen and oxygen atoms in total. The summed E-state index contributed by atoms with van der Waals surface area (Å²) in [5, 5.41) is 11.3. The average molecular weight is 576 g/mol. The Bertz CT molecular complexity index is 1640. The number of carbonyl (C=O) groups excluding carboxylic acids is 1. The highest BCUT2D eigenvalue weighted by molar-refractivity contribution is 5.74. The van der Waals surface area contributed by atoms with Crippen LogP contribution >= 0.6 is 0 Å². The summed E-state index contributed by atoms with van der Waals surface area (Å²) < 4.78 is 38.2. The van der Waals surface area contributed by atoms with Gasteiger partial charge in [-0.05, 0) is 56.2 Å². The number of ether oxygens (including phenoxy) is 2. The number of aromatic nitrogens is 4. The van der Waals surface area contributed by atoms with Crippen LogP contribution in [0.1, 0.15) is 49.1 Å².